The van der Waals surface area contributed by atoms with Gasteiger partial charge in [0.25, 0.3) is 0 Å². The number of hydrogen-bond acceptors (Lipinski definition) is 7. The van der Waals surface area contributed by atoms with Crippen molar-refractivity contribution in [2.24, 2.45) is 0 Å². The van der Waals surface area contributed by atoms with E-state index in [0.29, 0.717) is 19.1 Å². The highest BCUT2D eigenvalue weighted by Crippen LogP contribution is 2.34. The first-order valence-electron chi connectivity index (χ1n) is 14.8. The van der Waals surface area contributed by atoms with Crippen LogP contribution in [0.15, 0.2) is 66.7 Å². The molecule has 2 saturated heterocycles. The molecule has 0 amide bonds. The van der Waals surface area contributed by atoms with Crippen molar-refractivity contribution in [1.82, 2.24) is 5.32 Å². The number of ether oxygens (including phenoxy) is 4. The van der Waals surface area contributed by atoms with Crippen molar-refractivity contribution in [3.8, 4) is 11.5 Å². The lowest BCUT2D eigenvalue weighted by molar-refractivity contribution is 0.0106. The molecule has 0 unspecified atom stereocenters. The Balaban J connectivity index is 1.03. The van der Waals surface area contributed by atoms with E-state index in [0.717, 1.165) is 87.2 Å². The number of hydrogen-bond donors (Lipinski definition) is 1. The van der Waals surface area contributed by atoms with Gasteiger partial charge in [0, 0.05) is 38.4 Å². The number of nitrogens with zero attached hydrogens (tertiary/aromatic N) is 2. The summed E-state index contributed by atoms with van der Waals surface area (Å²) in [6.07, 6.45) is 2.22. The minimum Gasteiger partial charge on any atom is -0.490 e. The molecule has 3 aromatic rings. The van der Waals surface area contributed by atoms with Gasteiger partial charge in [0.2, 0.25) is 0 Å². The summed E-state index contributed by atoms with van der Waals surface area (Å²) in [6.45, 7) is 7.20. The zero-order valence-corrected chi connectivity index (χ0v) is 23.8. The van der Waals surface area contributed by atoms with Crippen molar-refractivity contribution >= 4 is 11.4 Å². The lowest BCUT2D eigenvalue weighted by Gasteiger charge is -2.40. The van der Waals surface area contributed by atoms with Gasteiger partial charge in [-0.05, 0) is 73.0 Å². The molecule has 0 bridgehead atoms. The molecule has 3 heterocycles. The predicted octanol–water partition coefficient (Wildman–Crippen LogP) is 4.99. The Morgan fingerprint density at radius 2 is 1.93 bits per heavy atom. The Morgan fingerprint density at radius 1 is 1.05 bits per heavy atom. The van der Waals surface area contributed by atoms with Crippen molar-refractivity contribution in [1.29, 1.82) is 0 Å². The highest BCUT2D eigenvalue weighted by atomic mass is 19.1. The van der Waals surface area contributed by atoms with Gasteiger partial charge < -0.3 is 34.1 Å². The summed E-state index contributed by atoms with van der Waals surface area (Å²) in [4.78, 5) is 4.52. The van der Waals surface area contributed by atoms with Crippen molar-refractivity contribution in [3.05, 3.63) is 83.7 Å². The van der Waals surface area contributed by atoms with Crippen LogP contribution in [-0.2, 0) is 16.1 Å². The maximum absolute atomic E-state index is 13.5. The Hall–Kier alpha value is -3.33. The van der Waals surface area contributed by atoms with Crippen LogP contribution in [0, 0.1) is 5.82 Å². The fourth-order valence-corrected chi connectivity index (χ4v) is 6.01. The largest absolute Gasteiger partial charge is 0.490 e. The molecule has 0 saturated carbocycles. The van der Waals surface area contributed by atoms with E-state index < -0.39 is 0 Å². The highest BCUT2D eigenvalue weighted by molar-refractivity contribution is 5.61. The Bertz CT molecular complexity index is 1280. The lowest BCUT2D eigenvalue weighted by atomic mass is 9.87. The molecule has 8 heteroatoms. The number of nitrogens with one attached hydrogen (secondary N) is 1. The molecule has 2 atom stereocenters. The molecule has 1 N–H and O–H groups in total. The summed E-state index contributed by atoms with van der Waals surface area (Å²) in [5.41, 5.74) is 4.49. The SMILES string of the molecule is COCCCN1CCOc2ccc(CO[C@H]3CNCC[C@@H]3c3ccc(OC4CN(c5cccc(F)c5)C4)cc3)cc21. The van der Waals surface area contributed by atoms with Crippen LogP contribution in [0.2, 0.25) is 0 Å². The fourth-order valence-electron chi connectivity index (χ4n) is 6.01. The number of rotatable bonds is 11. The van der Waals surface area contributed by atoms with Gasteiger partial charge in [-0.25, -0.2) is 4.39 Å². The minimum atomic E-state index is -0.208. The summed E-state index contributed by atoms with van der Waals surface area (Å²) in [6, 6.07) is 21.6. The topological polar surface area (TPSA) is 55.4 Å². The maximum Gasteiger partial charge on any atom is 0.142 e. The van der Waals surface area contributed by atoms with E-state index in [4.69, 9.17) is 18.9 Å². The number of methoxy groups -OCH3 is 1. The monoisotopic (exact) mass is 561 g/mol. The average Bonchev–Trinajstić information content (AvgIpc) is 2.98. The van der Waals surface area contributed by atoms with Gasteiger partial charge in [0.05, 0.1) is 38.0 Å². The van der Waals surface area contributed by atoms with Gasteiger partial charge >= 0.3 is 0 Å². The van der Waals surface area contributed by atoms with E-state index in [9.17, 15) is 4.39 Å². The van der Waals surface area contributed by atoms with E-state index in [1.165, 1.54) is 11.6 Å². The number of fused-ring (bicyclic) bond motifs is 1. The minimum absolute atomic E-state index is 0.0899. The Morgan fingerprint density at radius 3 is 2.76 bits per heavy atom. The van der Waals surface area contributed by atoms with Crippen LogP contribution in [0.3, 0.4) is 0 Å². The molecule has 7 nitrogen and oxygen atoms in total. The van der Waals surface area contributed by atoms with Gasteiger partial charge in [0.15, 0.2) is 0 Å². The molecule has 2 fully saturated rings. The van der Waals surface area contributed by atoms with Gasteiger partial charge in [0.1, 0.15) is 30.0 Å². The van der Waals surface area contributed by atoms with E-state index >= 15 is 0 Å². The van der Waals surface area contributed by atoms with Crippen LogP contribution in [0.1, 0.15) is 29.9 Å². The molecular weight excluding hydrogens is 521 g/mol. The molecule has 0 radical (unpaired) electrons. The summed E-state index contributed by atoms with van der Waals surface area (Å²) in [5, 5.41) is 3.51. The number of piperidine rings is 1. The third-order valence-corrected chi connectivity index (χ3v) is 8.28. The Labute approximate surface area is 242 Å². The number of benzene rings is 3. The quantitative estimate of drug-likeness (QED) is 0.331. The van der Waals surface area contributed by atoms with E-state index in [1.807, 2.05) is 6.07 Å². The van der Waals surface area contributed by atoms with E-state index in [-0.39, 0.29) is 18.0 Å². The molecule has 3 aliphatic heterocycles. The van der Waals surface area contributed by atoms with E-state index in [1.54, 1.807) is 19.2 Å². The second kappa shape index (κ2) is 13.1. The molecule has 6 rings (SSSR count). The Kier molecular flexibility index (Phi) is 8.89. The van der Waals surface area contributed by atoms with Crippen LogP contribution in [0.4, 0.5) is 15.8 Å². The second-order valence-electron chi connectivity index (χ2n) is 11.1. The van der Waals surface area contributed by atoms with Crippen molar-refractivity contribution in [2.45, 2.75) is 37.6 Å². The standard InChI is InChI=1S/C33H40FN3O4/c1-38-16-3-14-36-15-17-39-32-11-6-24(18-31(32)36)23-40-33-20-35-13-12-30(33)25-7-9-28(10-8-25)41-29-21-37(22-29)27-5-2-4-26(34)19-27/h2,4-11,18-19,29-30,33,35H,3,12-17,20-23H2,1H3/t30-,33+/m1/s1. The van der Waals surface area contributed by atoms with E-state index in [2.05, 4.69) is 57.6 Å². The number of anilines is 2. The molecule has 218 valence electrons. The summed E-state index contributed by atoms with van der Waals surface area (Å²) < 4.78 is 37.4. The van der Waals surface area contributed by atoms with Crippen LogP contribution in [0.5, 0.6) is 11.5 Å². The van der Waals surface area contributed by atoms with Gasteiger partial charge in [-0.3, -0.25) is 0 Å². The lowest BCUT2D eigenvalue weighted by Crippen LogP contribution is -2.54. The van der Waals surface area contributed by atoms with Crippen molar-refractivity contribution in [3.63, 3.8) is 0 Å². The first kappa shape index (κ1) is 27.8. The summed E-state index contributed by atoms with van der Waals surface area (Å²) in [7, 11) is 1.75. The van der Waals surface area contributed by atoms with Gasteiger partial charge in [-0.15, -0.1) is 0 Å². The molecule has 3 aromatic carbocycles. The molecular formula is C33H40FN3O4. The van der Waals surface area contributed by atoms with Gasteiger partial charge in [-0.2, -0.15) is 0 Å². The third kappa shape index (κ3) is 6.77. The zero-order chi connectivity index (χ0) is 28.0. The predicted molar refractivity (Wildman–Crippen MR) is 159 cm³/mol. The highest BCUT2D eigenvalue weighted by Gasteiger charge is 2.30. The first-order valence-corrected chi connectivity index (χ1v) is 14.8. The fraction of sp³-hybridized carbons (Fsp3) is 0.455. The van der Waals surface area contributed by atoms with Crippen LogP contribution < -0.4 is 24.6 Å². The summed E-state index contributed by atoms with van der Waals surface area (Å²) in [5.74, 6) is 1.93. The molecule has 3 aliphatic rings. The molecule has 0 aromatic heterocycles. The average molecular weight is 562 g/mol. The van der Waals surface area contributed by atoms with Gasteiger partial charge in [-0.1, -0.05) is 24.3 Å². The second-order valence-corrected chi connectivity index (χ2v) is 11.1. The van der Waals surface area contributed by atoms with Crippen LogP contribution in [0.25, 0.3) is 0 Å². The van der Waals surface area contributed by atoms with Crippen molar-refractivity contribution < 1.29 is 23.3 Å². The normalized spacial score (nSPS) is 20.7. The summed E-state index contributed by atoms with van der Waals surface area (Å²) >= 11 is 0. The van der Waals surface area contributed by atoms with Crippen molar-refractivity contribution in [2.75, 3.05) is 69.4 Å². The first-order chi connectivity index (χ1) is 20.2. The number of halogens is 1. The molecule has 0 spiro atoms. The smallest absolute Gasteiger partial charge is 0.142 e. The zero-order valence-electron chi connectivity index (χ0n) is 23.8. The molecule has 0 aliphatic carbocycles. The van der Waals surface area contributed by atoms with Crippen LogP contribution >= 0.6 is 0 Å². The molecule has 41 heavy (non-hydrogen) atoms. The van der Waals surface area contributed by atoms with Crippen LogP contribution in [-0.4, -0.2) is 71.8 Å². The third-order valence-electron chi connectivity index (χ3n) is 8.28. The maximum atomic E-state index is 13.5.